The Morgan fingerprint density at radius 3 is 2.56 bits per heavy atom. The zero-order valence-corrected chi connectivity index (χ0v) is 19.6. The Kier molecular flexibility index (Phi) is 9.39. The highest BCUT2D eigenvalue weighted by atomic mass is 32.2. The van der Waals surface area contributed by atoms with E-state index >= 15 is 0 Å². The summed E-state index contributed by atoms with van der Waals surface area (Å²) in [7, 11) is 0. The van der Waals surface area contributed by atoms with Crippen LogP contribution in [0.5, 0.6) is 0 Å². The topological polar surface area (TPSA) is 88.8 Å². The van der Waals surface area contributed by atoms with Crippen LogP contribution in [0, 0.1) is 11.3 Å². The van der Waals surface area contributed by atoms with E-state index in [0.29, 0.717) is 17.9 Å². The Morgan fingerprint density at radius 2 is 1.88 bits per heavy atom. The van der Waals surface area contributed by atoms with Gasteiger partial charge in [0, 0.05) is 38.2 Å². The van der Waals surface area contributed by atoms with Crippen LogP contribution in [0.25, 0.3) is 16.8 Å². The molecule has 3 unspecified atom stereocenters. The normalized spacial score (nSPS) is 21.5. The number of aliphatic hydroxyl groups is 2. The van der Waals surface area contributed by atoms with Crippen molar-refractivity contribution in [3.63, 3.8) is 0 Å². The largest absolute Gasteiger partial charge is 0.393 e. The molecule has 1 saturated heterocycles. The highest BCUT2D eigenvalue weighted by molar-refractivity contribution is 8.01. The molecule has 3 rings (SSSR count). The second-order valence-electron chi connectivity index (χ2n) is 8.19. The van der Waals surface area contributed by atoms with E-state index in [0.717, 1.165) is 36.9 Å². The summed E-state index contributed by atoms with van der Waals surface area (Å²) in [6.07, 6.45) is 3.04. The summed E-state index contributed by atoms with van der Waals surface area (Å²) in [6.45, 7) is 6.96. The van der Waals surface area contributed by atoms with Gasteiger partial charge in [-0.1, -0.05) is 32.0 Å². The lowest BCUT2D eigenvalue weighted by Crippen LogP contribution is -2.39. The standard InChI is InChI=1S/C25H33N3O3S/c1-3-9-28(10-4-2)21-8-7-19-11-18(5-6-20(19)13-21)12-24(16-26)32-27-17-23-14-22(29)15-25(30)31-23/h5-8,11-13,22-23,25,27,29-30H,3-4,9-10,14-15,17H2,1-2H3/b24-12+. The minimum atomic E-state index is -0.935. The molecule has 7 heteroatoms. The number of hydrogen-bond donors (Lipinski definition) is 3. The highest BCUT2D eigenvalue weighted by Gasteiger charge is 2.26. The monoisotopic (exact) mass is 455 g/mol. The van der Waals surface area contributed by atoms with Crippen LogP contribution in [0.1, 0.15) is 45.1 Å². The van der Waals surface area contributed by atoms with Gasteiger partial charge in [-0.25, -0.2) is 0 Å². The van der Waals surface area contributed by atoms with Gasteiger partial charge in [0.1, 0.15) is 11.0 Å². The van der Waals surface area contributed by atoms with Crippen LogP contribution in [-0.2, 0) is 4.74 Å². The van der Waals surface area contributed by atoms with Crippen molar-refractivity contribution in [2.75, 3.05) is 24.5 Å². The SMILES string of the molecule is CCCN(CCC)c1ccc2cc(/C=C(\C#N)SNCC3CC(O)CC(O)O3)ccc2c1. The van der Waals surface area contributed by atoms with E-state index in [1.54, 1.807) is 0 Å². The van der Waals surface area contributed by atoms with Crippen LogP contribution >= 0.6 is 11.9 Å². The molecule has 1 heterocycles. The Labute approximate surface area is 195 Å². The summed E-state index contributed by atoms with van der Waals surface area (Å²) >= 11 is 1.24. The molecule has 3 atom stereocenters. The number of allylic oxidation sites excluding steroid dienone is 1. The zero-order chi connectivity index (χ0) is 22.9. The van der Waals surface area contributed by atoms with Gasteiger partial charge in [-0.05, 0) is 65.4 Å². The summed E-state index contributed by atoms with van der Waals surface area (Å²) < 4.78 is 8.53. The lowest BCUT2D eigenvalue weighted by Gasteiger charge is -2.30. The van der Waals surface area contributed by atoms with Gasteiger partial charge in [0.2, 0.25) is 0 Å². The molecule has 1 fully saturated rings. The number of ether oxygens (including phenoxy) is 1. The van der Waals surface area contributed by atoms with Crippen molar-refractivity contribution >= 4 is 34.5 Å². The molecule has 32 heavy (non-hydrogen) atoms. The van der Waals surface area contributed by atoms with Crippen LogP contribution in [-0.4, -0.2) is 48.3 Å². The number of nitrogens with zero attached hydrogens (tertiary/aromatic N) is 2. The molecule has 2 aromatic carbocycles. The number of hydrogen-bond acceptors (Lipinski definition) is 7. The average molecular weight is 456 g/mol. The minimum Gasteiger partial charge on any atom is -0.393 e. The molecule has 2 aromatic rings. The first-order valence-corrected chi connectivity index (χ1v) is 12.2. The van der Waals surface area contributed by atoms with Crippen LogP contribution in [0.3, 0.4) is 0 Å². The van der Waals surface area contributed by atoms with Gasteiger partial charge in [-0.2, -0.15) is 5.26 Å². The van der Waals surface area contributed by atoms with Gasteiger partial charge in [-0.15, -0.1) is 0 Å². The molecular formula is C25H33N3O3S. The zero-order valence-electron chi connectivity index (χ0n) is 18.8. The number of nitrogens with one attached hydrogen (secondary N) is 1. The van der Waals surface area contributed by atoms with Crippen molar-refractivity contribution in [3.05, 3.63) is 46.9 Å². The number of fused-ring (bicyclic) bond motifs is 1. The molecule has 172 valence electrons. The molecule has 0 aliphatic carbocycles. The molecular weight excluding hydrogens is 422 g/mol. The third kappa shape index (κ3) is 6.96. The third-order valence-corrected chi connectivity index (χ3v) is 6.20. The lowest BCUT2D eigenvalue weighted by molar-refractivity contribution is -0.186. The van der Waals surface area contributed by atoms with Crippen LogP contribution in [0.15, 0.2) is 41.3 Å². The van der Waals surface area contributed by atoms with Gasteiger partial charge in [0.15, 0.2) is 6.29 Å². The lowest BCUT2D eigenvalue weighted by atomic mass is 10.1. The van der Waals surface area contributed by atoms with Crippen LogP contribution < -0.4 is 9.62 Å². The molecule has 0 bridgehead atoms. The van der Waals surface area contributed by atoms with Crippen molar-refractivity contribution < 1.29 is 14.9 Å². The summed E-state index contributed by atoms with van der Waals surface area (Å²) in [5, 5.41) is 31.2. The predicted molar refractivity (Wildman–Crippen MR) is 132 cm³/mol. The van der Waals surface area contributed by atoms with E-state index < -0.39 is 12.4 Å². The molecule has 1 aliphatic rings. The maximum Gasteiger partial charge on any atom is 0.157 e. The van der Waals surface area contributed by atoms with Crippen molar-refractivity contribution in [2.24, 2.45) is 0 Å². The molecule has 1 aliphatic heterocycles. The van der Waals surface area contributed by atoms with E-state index in [4.69, 9.17) is 4.74 Å². The number of rotatable bonds is 10. The van der Waals surface area contributed by atoms with Gasteiger partial charge >= 0.3 is 0 Å². The summed E-state index contributed by atoms with van der Waals surface area (Å²) in [6, 6.07) is 15.0. The summed E-state index contributed by atoms with van der Waals surface area (Å²) in [4.78, 5) is 2.96. The number of aliphatic hydroxyl groups excluding tert-OH is 2. The van der Waals surface area contributed by atoms with E-state index in [-0.39, 0.29) is 12.5 Å². The average Bonchev–Trinajstić information content (AvgIpc) is 2.77. The Morgan fingerprint density at radius 1 is 1.16 bits per heavy atom. The van der Waals surface area contributed by atoms with E-state index in [1.165, 1.54) is 23.0 Å². The predicted octanol–water partition coefficient (Wildman–Crippen LogP) is 4.43. The third-order valence-electron chi connectivity index (χ3n) is 5.46. The quantitative estimate of drug-likeness (QED) is 0.361. The summed E-state index contributed by atoms with van der Waals surface area (Å²) in [5.41, 5.74) is 2.22. The van der Waals surface area contributed by atoms with Gasteiger partial charge in [-0.3, -0.25) is 4.72 Å². The second-order valence-corrected chi connectivity index (χ2v) is 9.12. The number of nitriles is 1. The van der Waals surface area contributed by atoms with Gasteiger partial charge in [0.25, 0.3) is 0 Å². The Balaban J connectivity index is 1.65. The fourth-order valence-corrected chi connectivity index (χ4v) is 4.66. The fraction of sp³-hybridized carbons (Fsp3) is 0.480. The van der Waals surface area contributed by atoms with Gasteiger partial charge in [0.05, 0.1) is 12.2 Å². The van der Waals surface area contributed by atoms with E-state index in [1.807, 2.05) is 12.1 Å². The molecule has 0 saturated carbocycles. The van der Waals surface area contributed by atoms with Crippen molar-refractivity contribution in [2.45, 2.75) is 58.0 Å². The maximum atomic E-state index is 9.75. The van der Waals surface area contributed by atoms with Crippen molar-refractivity contribution in [3.8, 4) is 6.07 Å². The highest BCUT2D eigenvalue weighted by Crippen LogP contribution is 2.26. The van der Waals surface area contributed by atoms with Gasteiger partial charge < -0.3 is 19.8 Å². The smallest absolute Gasteiger partial charge is 0.157 e. The van der Waals surface area contributed by atoms with E-state index in [2.05, 4.69) is 59.9 Å². The number of benzene rings is 2. The Bertz CT molecular complexity index is 943. The number of anilines is 1. The maximum absolute atomic E-state index is 9.75. The first-order chi connectivity index (χ1) is 15.5. The van der Waals surface area contributed by atoms with E-state index in [9.17, 15) is 15.5 Å². The molecule has 0 aromatic heterocycles. The van der Waals surface area contributed by atoms with Crippen molar-refractivity contribution in [1.29, 1.82) is 5.26 Å². The molecule has 0 radical (unpaired) electrons. The van der Waals surface area contributed by atoms with Crippen molar-refractivity contribution in [1.82, 2.24) is 4.72 Å². The molecule has 0 amide bonds. The molecule has 6 nitrogen and oxygen atoms in total. The fourth-order valence-electron chi connectivity index (χ4n) is 3.99. The molecule has 3 N–H and O–H groups in total. The van der Waals surface area contributed by atoms with Crippen LogP contribution in [0.4, 0.5) is 5.69 Å². The summed E-state index contributed by atoms with van der Waals surface area (Å²) in [5.74, 6) is 0. The first-order valence-electron chi connectivity index (χ1n) is 11.3. The Hall–Kier alpha value is -2.08. The first kappa shape index (κ1) is 24.6. The minimum absolute atomic E-state index is 0.242. The van der Waals surface area contributed by atoms with Crippen LogP contribution in [0.2, 0.25) is 0 Å². The second kappa shape index (κ2) is 12.2. The molecule has 0 spiro atoms.